The lowest BCUT2D eigenvalue weighted by atomic mass is 9.52. The Bertz CT molecular complexity index is 420. The molecule has 3 heteroatoms. The van der Waals surface area contributed by atoms with Gasteiger partial charge in [-0.05, 0) is 55.8 Å². The number of hydrogen-bond donors (Lipinski definition) is 1. The first-order chi connectivity index (χ1) is 8.70. The van der Waals surface area contributed by atoms with E-state index in [1.807, 2.05) is 0 Å². The van der Waals surface area contributed by atoms with Crippen LogP contribution in [0.25, 0.3) is 0 Å². The highest BCUT2D eigenvalue weighted by Gasteiger charge is 2.49. The summed E-state index contributed by atoms with van der Waals surface area (Å²) in [5.74, 6) is 7.20. The van der Waals surface area contributed by atoms with Gasteiger partial charge < -0.3 is 0 Å². The minimum absolute atomic E-state index is 0.437. The van der Waals surface area contributed by atoms with E-state index in [0.29, 0.717) is 11.8 Å². The molecule has 1 aromatic rings. The van der Waals surface area contributed by atoms with E-state index >= 15 is 0 Å². The largest absolute Gasteiger partial charge is 0.263 e. The second-order valence-electron chi connectivity index (χ2n) is 7.19. The number of nitrogens with zero attached hydrogens (tertiary/aromatic N) is 2. The number of nitrogens with one attached hydrogen (secondary N) is 1. The summed E-state index contributed by atoms with van der Waals surface area (Å²) in [5, 5.41) is 7.67. The van der Waals surface area contributed by atoms with E-state index in [1.165, 1.54) is 37.9 Å². The van der Waals surface area contributed by atoms with Crippen LogP contribution >= 0.6 is 0 Å². The Balaban J connectivity index is 1.64. The topological polar surface area (TPSA) is 41.6 Å². The van der Waals surface area contributed by atoms with Crippen molar-refractivity contribution in [3.63, 3.8) is 0 Å². The summed E-state index contributed by atoms with van der Waals surface area (Å²) in [6.45, 7) is 4.34. The van der Waals surface area contributed by atoms with Gasteiger partial charge in [0.05, 0.1) is 0 Å². The van der Waals surface area contributed by atoms with Crippen molar-refractivity contribution in [1.82, 2.24) is 15.2 Å². The normalized spacial score (nSPS) is 41.8. The van der Waals surface area contributed by atoms with Gasteiger partial charge in [-0.2, -0.15) is 5.10 Å². The SMILES string of the molecule is CC(C)c1n[nH]c(C2C3CC4CC(C3)CC2C4)n1. The molecule has 1 aromatic heterocycles. The van der Waals surface area contributed by atoms with Gasteiger partial charge in [0.2, 0.25) is 0 Å². The van der Waals surface area contributed by atoms with Crippen molar-refractivity contribution < 1.29 is 0 Å². The van der Waals surface area contributed by atoms with Crippen LogP contribution < -0.4 is 0 Å². The number of rotatable bonds is 2. The highest BCUT2D eigenvalue weighted by Crippen LogP contribution is 2.59. The van der Waals surface area contributed by atoms with E-state index in [-0.39, 0.29) is 0 Å². The number of aromatic nitrogens is 3. The molecular formula is C15H23N3. The molecule has 0 saturated heterocycles. The number of aromatic amines is 1. The molecule has 3 nitrogen and oxygen atoms in total. The molecule has 1 heterocycles. The van der Waals surface area contributed by atoms with Crippen LogP contribution in [0.4, 0.5) is 0 Å². The molecule has 1 N–H and O–H groups in total. The van der Waals surface area contributed by atoms with E-state index in [4.69, 9.17) is 4.98 Å². The van der Waals surface area contributed by atoms with Gasteiger partial charge in [0.15, 0.2) is 5.82 Å². The summed E-state index contributed by atoms with van der Waals surface area (Å²) in [5.41, 5.74) is 0. The Kier molecular flexibility index (Phi) is 2.33. The summed E-state index contributed by atoms with van der Waals surface area (Å²) in [6, 6.07) is 0. The first-order valence-corrected chi connectivity index (χ1v) is 7.63. The Morgan fingerprint density at radius 2 is 1.61 bits per heavy atom. The van der Waals surface area contributed by atoms with Crippen molar-refractivity contribution in [3.05, 3.63) is 11.6 Å². The fraction of sp³-hybridized carbons (Fsp3) is 0.867. The van der Waals surface area contributed by atoms with Crippen LogP contribution in [0.15, 0.2) is 0 Å². The van der Waals surface area contributed by atoms with Gasteiger partial charge in [0.25, 0.3) is 0 Å². The van der Waals surface area contributed by atoms with Gasteiger partial charge in [-0.1, -0.05) is 13.8 Å². The molecule has 0 aliphatic heterocycles. The van der Waals surface area contributed by atoms with Crippen molar-refractivity contribution in [3.8, 4) is 0 Å². The van der Waals surface area contributed by atoms with Crippen LogP contribution in [0.5, 0.6) is 0 Å². The minimum Gasteiger partial charge on any atom is -0.263 e. The molecule has 0 atom stereocenters. The van der Waals surface area contributed by atoms with Gasteiger partial charge >= 0.3 is 0 Å². The highest BCUT2D eigenvalue weighted by molar-refractivity contribution is 5.11. The molecule has 0 unspecified atom stereocenters. The third-order valence-electron chi connectivity index (χ3n) is 5.58. The molecule has 0 spiro atoms. The maximum Gasteiger partial charge on any atom is 0.153 e. The standard InChI is InChI=1S/C15H23N3/c1-8(2)14-16-15(18-17-14)13-11-4-9-3-10(6-11)7-12(13)5-9/h8-13H,3-7H2,1-2H3,(H,16,17,18). The zero-order valence-electron chi connectivity index (χ0n) is 11.4. The number of hydrogen-bond acceptors (Lipinski definition) is 2. The van der Waals surface area contributed by atoms with Gasteiger partial charge in [-0.15, -0.1) is 0 Å². The van der Waals surface area contributed by atoms with Crippen molar-refractivity contribution >= 4 is 0 Å². The molecule has 4 aliphatic carbocycles. The van der Waals surface area contributed by atoms with E-state index in [0.717, 1.165) is 29.5 Å². The van der Waals surface area contributed by atoms with Crippen LogP contribution in [0, 0.1) is 23.7 Å². The smallest absolute Gasteiger partial charge is 0.153 e. The van der Waals surface area contributed by atoms with Crippen LogP contribution in [-0.2, 0) is 0 Å². The average Bonchev–Trinajstić information content (AvgIpc) is 2.77. The molecule has 4 fully saturated rings. The fourth-order valence-electron chi connectivity index (χ4n) is 5.07. The van der Waals surface area contributed by atoms with Crippen LogP contribution in [0.1, 0.15) is 69.4 Å². The fourth-order valence-corrected chi connectivity index (χ4v) is 5.07. The lowest BCUT2D eigenvalue weighted by Crippen LogP contribution is -2.44. The summed E-state index contributed by atoms with van der Waals surface area (Å²) in [4.78, 5) is 4.79. The molecule has 5 rings (SSSR count). The Morgan fingerprint density at radius 1 is 1.00 bits per heavy atom. The van der Waals surface area contributed by atoms with Gasteiger partial charge in [-0.25, -0.2) is 4.98 Å². The molecule has 4 saturated carbocycles. The second-order valence-corrected chi connectivity index (χ2v) is 7.19. The summed E-state index contributed by atoms with van der Waals surface area (Å²) in [7, 11) is 0. The lowest BCUT2D eigenvalue weighted by molar-refractivity contribution is -0.00556. The Morgan fingerprint density at radius 3 is 2.11 bits per heavy atom. The van der Waals surface area contributed by atoms with Crippen molar-refractivity contribution in [1.29, 1.82) is 0 Å². The van der Waals surface area contributed by atoms with E-state index < -0.39 is 0 Å². The molecule has 18 heavy (non-hydrogen) atoms. The summed E-state index contributed by atoms with van der Waals surface area (Å²) < 4.78 is 0. The second kappa shape index (κ2) is 3.82. The zero-order valence-corrected chi connectivity index (χ0v) is 11.4. The number of H-pyrrole nitrogens is 1. The van der Waals surface area contributed by atoms with E-state index in [2.05, 4.69) is 24.0 Å². The molecule has 0 amide bonds. The quantitative estimate of drug-likeness (QED) is 0.866. The highest BCUT2D eigenvalue weighted by atomic mass is 15.2. The maximum absolute atomic E-state index is 4.79. The van der Waals surface area contributed by atoms with Gasteiger partial charge in [0, 0.05) is 11.8 Å². The van der Waals surface area contributed by atoms with Crippen molar-refractivity contribution in [2.24, 2.45) is 23.7 Å². The predicted molar refractivity (Wildman–Crippen MR) is 70.3 cm³/mol. The molecular weight excluding hydrogens is 222 g/mol. The van der Waals surface area contributed by atoms with Crippen LogP contribution in [-0.4, -0.2) is 15.2 Å². The third kappa shape index (κ3) is 1.55. The molecule has 0 radical (unpaired) electrons. The first kappa shape index (κ1) is 11.0. The maximum atomic E-state index is 4.79. The minimum atomic E-state index is 0.437. The first-order valence-electron chi connectivity index (χ1n) is 7.63. The zero-order chi connectivity index (χ0) is 12.3. The molecule has 4 bridgehead atoms. The van der Waals surface area contributed by atoms with E-state index in [1.54, 1.807) is 0 Å². The van der Waals surface area contributed by atoms with Crippen molar-refractivity contribution in [2.45, 2.75) is 57.8 Å². The molecule has 0 aromatic carbocycles. The van der Waals surface area contributed by atoms with Crippen molar-refractivity contribution in [2.75, 3.05) is 0 Å². The molecule has 98 valence electrons. The summed E-state index contributed by atoms with van der Waals surface area (Å²) in [6.07, 6.45) is 7.34. The third-order valence-corrected chi connectivity index (χ3v) is 5.58. The van der Waals surface area contributed by atoms with Gasteiger partial charge in [0.1, 0.15) is 5.82 Å². The van der Waals surface area contributed by atoms with Crippen LogP contribution in [0.3, 0.4) is 0 Å². The van der Waals surface area contributed by atoms with E-state index in [9.17, 15) is 0 Å². The predicted octanol–water partition coefficient (Wildman–Crippen LogP) is 3.47. The lowest BCUT2D eigenvalue weighted by Gasteiger charge is -2.53. The monoisotopic (exact) mass is 245 g/mol. The summed E-state index contributed by atoms with van der Waals surface area (Å²) >= 11 is 0. The Labute approximate surface area is 109 Å². The van der Waals surface area contributed by atoms with Gasteiger partial charge in [-0.3, -0.25) is 5.10 Å². The Hall–Kier alpha value is -0.860. The van der Waals surface area contributed by atoms with Crippen LogP contribution in [0.2, 0.25) is 0 Å². The molecule has 4 aliphatic rings. The average molecular weight is 245 g/mol.